The molecule has 0 aromatic rings. The Morgan fingerprint density at radius 2 is 1.91 bits per heavy atom. The molecule has 0 aromatic heterocycles. The van der Waals surface area contributed by atoms with Crippen molar-refractivity contribution >= 4 is 11.9 Å². The van der Waals surface area contributed by atoms with Crippen molar-refractivity contribution < 1.29 is 4.79 Å². The van der Waals surface area contributed by atoms with Gasteiger partial charge in [-0.2, -0.15) is 0 Å². The summed E-state index contributed by atoms with van der Waals surface area (Å²) in [5.74, 6) is 1.13. The van der Waals surface area contributed by atoms with Crippen LogP contribution >= 0.6 is 0 Å². The van der Waals surface area contributed by atoms with Crippen molar-refractivity contribution in [3.05, 3.63) is 0 Å². The molecule has 132 valence electrons. The van der Waals surface area contributed by atoms with Crippen molar-refractivity contribution in [3.8, 4) is 0 Å². The van der Waals surface area contributed by atoms with Crippen LogP contribution in [0.4, 0.5) is 0 Å². The van der Waals surface area contributed by atoms with Crippen LogP contribution < -0.4 is 11.1 Å². The first-order valence-electron chi connectivity index (χ1n) is 9.19. The number of carbonyl (C=O) groups excluding carboxylic acids is 1. The van der Waals surface area contributed by atoms with Crippen molar-refractivity contribution in [2.75, 3.05) is 45.8 Å². The highest BCUT2D eigenvalue weighted by Gasteiger charge is 2.17. The minimum absolute atomic E-state index is 0.0344. The maximum Gasteiger partial charge on any atom is 0.241 e. The molecule has 0 aromatic carbocycles. The summed E-state index contributed by atoms with van der Waals surface area (Å²) in [6.45, 7) is 8.24. The monoisotopic (exact) mass is 323 g/mol. The summed E-state index contributed by atoms with van der Waals surface area (Å²) in [6.07, 6.45) is 7.64. The second kappa shape index (κ2) is 9.75. The number of aliphatic imine (C=N–C) groups is 1. The number of hydrogen-bond donors (Lipinski definition) is 2. The van der Waals surface area contributed by atoms with Gasteiger partial charge in [-0.05, 0) is 44.7 Å². The van der Waals surface area contributed by atoms with Crippen LogP contribution in [0.25, 0.3) is 0 Å². The molecular formula is C17H33N5O. The standard InChI is InChI=1S/C17H33N5O/c1-15-7-6-11-22(14-15)17(18)20-13-16(23)19-8-12-21-9-4-2-3-5-10-21/h15H,2-14H2,1H3,(H2,18,20)(H,19,23). The zero-order valence-electron chi connectivity index (χ0n) is 14.6. The summed E-state index contributed by atoms with van der Waals surface area (Å²) in [4.78, 5) is 20.7. The van der Waals surface area contributed by atoms with E-state index in [0.717, 1.165) is 39.1 Å². The number of carbonyl (C=O) groups is 1. The molecule has 6 nitrogen and oxygen atoms in total. The van der Waals surface area contributed by atoms with Gasteiger partial charge in [0.25, 0.3) is 0 Å². The summed E-state index contributed by atoms with van der Waals surface area (Å²) in [6, 6.07) is 0. The third kappa shape index (κ3) is 6.77. The molecule has 1 unspecified atom stereocenters. The molecule has 0 spiro atoms. The van der Waals surface area contributed by atoms with Crippen LogP contribution in [0.5, 0.6) is 0 Å². The maximum atomic E-state index is 11.9. The van der Waals surface area contributed by atoms with Gasteiger partial charge in [0.05, 0.1) is 0 Å². The van der Waals surface area contributed by atoms with Crippen LogP contribution in [-0.4, -0.2) is 67.5 Å². The van der Waals surface area contributed by atoms with Crippen LogP contribution in [0.1, 0.15) is 45.4 Å². The van der Waals surface area contributed by atoms with E-state index < -0.39 is 0 Å². The SMILES string of the molecule is CC1CCCN(C(N)=NCC(=O)NCCN2CCCCCC2)C1. The second-order valence-electron chi connectivity index (χ2n) is 6.97. The highest BCUT2D eigenvalue weighted by atomic mass is 16.1. The van der Waals surface area contributed by atoms with Gasteiger partial charge in [0.15, 0.2) is 5.96 Å². The van der Waals surface area contributed by atoms with E-state index in [0.29, 0.717) is 18.4 Å². The molecule has 1 amide bonds. The zero-order chi connectivity index (χ0) is 16.5. The van der Waals surface area contributed by atoms with E-state index in [1.54, 1.807) is 0 Å². The van der Waals surface area contributed by atoms with Gasteiger partial charge >= 0.3 is 0 Å². The average molecular weight is 323 g/mol. The Bertz CT molecular complexity index is 390. The third-order valence-corrected chi connectivity index (χ3v) is 4.81. The molecule has 0 bridgehead atoms. The first-order chi connectivity index (χ1) is 11.1. The van der Waals surface area contributed by atoms with Gasteiger partial charge in [-0.25, -0.2) is 4.99 Å². The Labute approximate surface area is 140 Å². The fourth-order valence-electron chi connectivity index (χ4n) is 3.42. The summed E-state index contributed by atoms with van der Waals surface area (Å²) in [5, 5.41) is 2.96. The normalized spacial score (nSPS) is 24.3. The number of hydrogen-bond acceptors (Lipinski definition) is 3. The minimum Gasteiger partial charge on any atom is -0.370 e. The first kappa shape index (κ1) is 18.0. The van der Waals surface area contributed by atoms with Crippen LogP contribution in [-0.2, 0) is 4.79 Å². The Balaban J connectivity index is 1.62. The molecule has 1 atom stereocenters. The van der Waals surface area contributed by atoms with E-state index in [-0.39, 0.29) is 12.5 Å². The van der Waals surface area contributed by atoms with Gasteiger partial charge < -0.3 is 20.9 Å². The van der Waals surface area contributed by atoms with Crippen LogP contribution in [0.2, 0.25) is 0 Å². The molecule has 0 saturated carbocycles. The van der Waals surface area contributed by atoms with Gasteiger partial charge in [-0.3, -0.25) is 4.79 Å². The summed E-state index contributed by atoms with van der Waals surface area (Å²) in [7, 11) is 0. The molecule has 2 aliphatic rings. The van der Waals surface area contributed by atoms with Crippen LogP contribution in [0.15, 0.2) is 4.99 Å². The van der Waals surface area contributed by atoms with E-state index in [2.05, 4.69) is 27.0 Å². The molecule has 0 aliphatic carbocycles. The number of amides is 1. The zero-order valence-corrected chi connectivity index (χ0v) is 14.6. The first-order valence-corrected chi connectivity index (χ1v) is 9.19. The molecular weight excluding hydrogens is 290 g/mol. The molecule has 2 aliphatic heterocycles. The molecule has 2 heterocycles. The van der Waals surface area contributed by atoms with Crippen molar-refractivity contribution in [1.82, 2.24) is 15.1 Å². The molecule has 23 heavy (non-hydrogen) atoms. The van der Waals surface area contributed by atoms with Gasteiger partial charge in [-0.15, -0.1) is 0 Å². The van der Waals surface area contributed by atoms with Gasteiger partial charge in [0.1, 0.15) is 6.54 Å². The fourth-order valence-corrected chi connectivity index (χ4v) is 3.42. The molecule has 2 rings (SSSR count). The summed E-state index contributed by atoms with van der Waals surface area (Å²) >= 11 is 0. The molecule has 2 saturated heterocycles. The smallest absolute Gasteiger partial charge is 0.241 e. The number of likely N-dealkylation sites (tertiary alicyclic amines) is 2. The second-order valence-corrected chi connectivity index (χ2v) is 6.97. The Kier molecular flexibility index (Phi) is 7.65. The highest BCUT2D eigenvalue weighted by Crippen LogP contribution is 2.14. The number of piperidine rings is 1. The average Bonchev–Trinajstić information content (AvgIpc) is 2.81. The number of nitrogens with two attached hydrogens (primary N) is 1. The predicted molar refractivity (Wildman–Crippen MR) is 94.4 cm³/mol. The lowest BCUT2D eigenvalue weighted by molar-refractivity contribution is -0.119. The maximum absolute atomic E-state index is 11.9. The van der Waals surface area contributed by atoms with E-state index in [9.17, 15) is 4.79 Å². The number of nitrogens with zero attached hydrogens (tertiary/aromatic N) is 3. The Hall–Kier alpha value is -1.30. The van der Waals surface area contributed by atoms with E-state index >= 15 is 0 Å². The molecule has 6 heteroatoms. The summed E-state index contributed by atoms with van der Waals surface area (Å²) < 4.78 is 0. The Morgan fingerprint density at radius 3 is 2.61 bits per heavy atom. The molecule has 0 radical (unpaired) electrons. The van der Waals surface area contributed by atoms with Crippen LogP contribution in [0, 0.1) is 5.92 Å². The molecule has 3 N–H and O–H groups in total. The lowest BCUT2D eigenvalue weighted by Gasteiger charge is -2.31. The number of guanidine groups is 1. The van der Waals surface area contributed by atoms with E-state index in [1.165, 1.54) is 32.1 Å². The van der Waals surface area contributed by atoms with Crippen molar-refractivity contribution in [2.24, 2.45) is 16.6 Å². The quantitative estimate of drug-likeness (QED) is 0.585. The van der Waals surface area contributed by atoms with Crippen molar-refractivity contribution in [2.45, 2.75) is 45.4 Å². The summed E-state index contributed by atoms with van der Waals surface area (Å²) in [5.41, 5.74) is 6.01. The fraction of sp³-hybridized carbons (Fsp3) is 0.882. The number of nitrogens with one attached hydrogen (secondary N) is 1. The Morgan fingerprint density at radius 1 is 1.17 bits per heavy atom. The van der Waals surface area contributed by atoms with Gasteiger partial charge in [0, 0.05) is 26.2 Å². The predicted octanol–water partition coefficient (Wildman–Crippen LogP) is 1.03. The lowest BCUT2D eigenvalue weighted by Crippen LogP contribution is -2.44. The largest absolute Gasteiger partial charge is 0.370 e. The third-order valence-electron chi connectivity index (χ3n) is 4.81. The topological polar surface area (TPSA) is 74.0 Å². The van der Waals surface area contributed by atoms with Crippen molar-refractivity contribution in [3.63, 3.8) is 0 Å². The van der Waals surface area contributed by atoms with Crippen molar-refractivity contribution in [1.29, 1.82) is 0 Å². The number of rotatable bonds is 5. The minimum atomic E-state index is -0.0344. The lowest BCUT2D eigenvalue weighted by atomic mass is 10.0. The molecule has 2 fully saturated rings. The van der Waals surface area contributed by atoms with Gasteiger partial charge in [-0.1, -0.05) is 19.8 Å². The van der Waals surface area contributed by atoms with Crippen LogP contribution in [0.3, 0.4) is 0 Å². The van der Waals surface area contributed by atoms with E-state index in [4.69, 9.17) is 5.73 Å². The highest BCUT2D eigenvalue weighted by molar-refractivity contribution is 5.84. The van der Waals surface area contributed by atoms with E-state index in [1.807, 2.05) is 0 Å². The van der Waals surface area contributed by atoms with Gasteiger partial charge in [0.2, 0.25) is 5.91 Å².